The fourth-order valence-electron chi connectivity index (χ4n) is 0.816. The summed E-state index contributed by atoms with van der Waals surface area (Å²) in [4.78, 5) is 3.12. The van der Waals surface area contributed by atoms with Gasteiger partial charge in [-0.3, -0.25) is 4.72 Å². The second-order valence-electron chi connectivity index (χ2n) is 2.89. The lowest BCUT2D eigenvalue weighted by molar-refractivity contribution is -0.121. The van der Waals surface area contributed by atoms with E-state index in [9.17, 15) is 26.0 Å². The second-order valence-corrected chi connectivity index (χ2v) is 4.39. The van der Waals surface area contributed by atoms with Crippen molar-refractivity contribution in [2.45, 2.75) is 6.18 Å². The van der Waals surface area contributed by atoms with E-state index in [1.807, 2.05) is 0 Å². The minimum atomic E-state index is -4.68. The number of hydrogen-bond donors (Lipinski definition) is 2. The van der Waals surface area contributed by atoms with Crippen LogP contribution in [0.1, 0.15) is 0 Å². The van der Waals surface area contributed by atoms with Crippen LogP contribution >= 0.6 is 0 Å². The molecular weight excluding hydrogens is 266 g/mol. The van der Waals surface area contributed by atoms with Crippen molar-refractivity contribution in [1.29, 1.82) is 0 Å². The lowest BCUT2D eigenvalue weighted by Gasteiger charge is -2.10. The Hall–Kier alpha value is -1.42. The third-order valence-electron chi connectivity index (χ3n) is 1.42. The maximum absolute atomic E-state index is 12.6. The molecule has 0 aliphatic carbocycles. The molecule has 1 heterocycles. The molecule has 0 amide bonds. The van der Waals surface area contributed by atoms with Gasteiger partial charge in [-0.25, -0.2) is 4.98 Å². The first-order valence-corrected chi connectivity index (χ1v) is 5.63. The summed E-state index contributed by atoms with van der Waals surface area (Å²) in [6.45, 7) is -1.72. The van der Waals surface area contributed by atoms with Crippen LogP contribution in [0.3, 0.4) is 0 Å². The number of halogens is 4. The van der Waals surface area contributed by atoms with Crippen molar-refractivity contribution in [3.8, 4) is 0 Å². The number of anilines is 1. The van der Waals surface area contributed by atoms with Gasteiger partial charge in [-0.15, -0.1) is 0 Å². The number of aromatic nitrogens is 1. The third-order valence-corrected chi connectivity index (χ3v) is 2.42. The molecule has 0 aliphatic rings. The smallest absolute Gasteiger partial charge is 0.255 e. The Morgan fingerprint density at radius 3 is 2.47 bits per heavy atom. The molecule has 1 rings (SSSR count). The molecule has 0 radical (unpaired) electrons. The van der Waals surface area contributed by atoms with Crippen LogP contribution in [-0.4, -0.2) is 26.1 Å². The van der Waals surface area contributed by atoms with Crippen molar-refractivity contribution in [3.63, 3.8) is 0 Å². The zero-order chi connectivity index (χ0) is 13.1. The van der Waals surface area contributed by atoms with Gasteiger partial charge in [0, 0.05) is 0 Å². The molecule has 1 aromatic heterocycles. The number of hydrogen-bond acceptors (Lipinski definition) is 3. The van der Waals surface area contributed by atoms with E-state index in [0.29, 0.717) is 0 Å². The van der Waals surface area contributed by atoms with E-state index in [1.165, 1.54) is 4.72 Å². The zero-order valence-corrected chi connectivity index (χ0v) is 8.94. The van der Waals surface area contributed by atoms with Gasteiger partial charge in [0.05, 0.1) is 0 Å². The van der Waals surface area contributed by atoms with Gasteiger partial charge in [-0.05, 0) is 12.1 Å². The number of nitrogens with zero attached hydrogens (tertiary/aromatic N) is 1. The molecular formula is C7H7F4N3O2S. The molecule has 0 aliphatic heterocycles. The summed E-state index contributed by atoms with van der Waals surface area (Å²) < 4.78 is 72.9. The molecule has 0 saturated carbocycles. The van der Waals surface area contributed by atoms with Gasteiger partial charge in [0.1, 0.15) is 12.4 Å². The Labute approximate surface area is 94.0 Å². The van der Waals surface area contributed by atoms with E-state index in [0.717, 1.165) is 18.2 Å². The van der Waals surface area contributed by atoms with E-state index in [1.54, 1.807) is 4.72 Å². The van der Waals surface area contributed by atoms with Crippen molar-refractivity contribution < 1.29 is 26.0 Å². The average molecular weight is 273 g/mol. The monoisotopic (exact) mass is 273 g/mol. The predicted molar refractivity (Wildman–Crippen MR) is 50.8 cm³/mol. The first kappa shape index (κ1) is 13.6. The highest BCUT2D eigenvalue weighted by Crippen LogP contribution is 2.13. The Morgan fingerprint density at radius 1 is 1.29 bits per heavy atom. The normalized spacial score (nSPS) is 12.5. The largest absolute Gasteiger partial charge is 0.402 e. The Bertz CT molecular complexity index is 488. The van der Waals surface area contributed by atoms with E-state index < -0.39 is 34.7 Å². The van der Waals surface area contributed by atoms with E-state index in [-0.39, 0.29) is 0 Å². The third kappa shape index (κ3) is 5.45. The number of nitrogens with one attached hydrogen (secondary N) is 2. The minimum Gasteiger partial charge on any atom is -0.255 e. The number of pyridine rings is 1. The lowest BCUT2D eigenvalue weighted by Crippen LogP contribution is -2.37. The first-order chi connectivity index (χ1) is 7.68. The summed E-state index contributed by atoms with van der Waals surface area (Å²) in [5, 5.41) is 0. The Morgan fingerprint density at radius 2 is 1.94 bits per heavy atom. The SMILES string of the molecule is O=S(=O)(NCC(F)(F)F)Nc1cccc(F)n1. The molecule has 17 heavy (non-hydrogen) atoms. The molecule has 0 fully saturated rings. The zero-order valence-electron chi connectivity index (χ0n) is 8.12. The molecule has 0 bridgehead atoms. The molecule has 0 saturated heterocycles. The van der Waals surface area contributed by atoms with Crippen molar-refractivity contribution in [2.24, 2.45) is 0 Å². The first-order valence-electron chi connectivity index (χ1n) is 4.15. The van der Waals surface area contributed by atoms with Gasteiger partial charge in [0.15, 0.2) is 0 Å². The van der Waals surface area contributed by atoms with Crippen molar-refractivity contribution >= 4 is 16.0 Å². The van der Waals surface area contributed by atoms with Crippen LogP contribution in [-0.2, 0) is 10.2 Å². The van der Waals surface area contributed by atoms with Gasteiger partial charge in [-0.2, -0.15) is 30.7 Å². The minimum absolute atomic E-state index is 0.417. The molecule has 5 nitrogen and oxygen atoms in total. The van der Waals surface area contributed by atoms with E-state index in [4.69, 9.17) is 0 Å². The van der Waals surface area contributed by atoms with Gasteiger partial charge in [0.25, 0.3) is 0 Å². The molecule has 0 atom stereocenters. The maximum atomic E-state index is 12.6. The maximum Gasteiger partial charge on any atom is 0.402 e. The van der Waals surface area contributed by atoms with Crippen LogP contribution in [0.25, 0.3) is 0 Å². The van der Waals surface area contributed by atoms with Gasteiger partial charge in [-0.1, -0.05) is 6.07 Å². The summed E-state index contributed by atoms with van der Waals surface area (Å²) in [5.74, 6) is -1.37. The van der Waals surface area contributed by atoms with E-state index in [2.05, 4.69) is 4.98 Å². The molecule has 0 unspecified atom stereocenters. The summed E-state index contributed by atoms with van der Waals surface area (Å²) in [6, 6.07) is 3.21. The van der Waals surface area contributed by atoms with E-state index >= 15 is 0 Å². The van der Waals surface area contributed by atoms with Crippen LogP contribution in [0.2, 0.25) is 0 Å². The fourth-order valence-corrected chi connectivity index (χ4v) is 1.63. The van der Waals surface area contributed by atoms with Crippen LogP contribution in [0.15, 0.2) is 18.2 Å². The molecule has 2 N–H and O–H groups in total. The van der Waals surface area contributed by atoms with Gasteiger partial charge < -0.3 is 0 Å². The predicted octanol–water partition coefficient (Wildman–Crippen LogP) is 1.03. The molecule has 0 aromatic carbocycles. The number of rotatable bonds is 4. The average Bonchev–Trinajstić information content (AvgIpc) is 2.13. The highest BCUT2D eigenvalue weighted by Gasteiger charge is 2.29. The molecule has 96 valence electrons. The second kappa shape index (κ2) is 4.84. The quantitative estimate of drug-likeness (QED) is 0.635. The molecule has 10 heteroatoms. The van der Waals surface area contributed by atoms with Crippen molar-refractivity contribution in [2.75, 3.05) is 11.3 Å². The Balaban J connectivity index is 2.67. The van der Waals surface area contributed by atoms with Crippen LogP contribution in [0.5, 0.6) is 0 Å². The van der Waals surface area contributed by atoms with Crippen LogP contribution < -0.4 is 9.44 Å². The highest BCUT2D eigenvalue weighted by atomic mass is 32.2. The van der Waals surface area contributed by atoms with Gasteiger partial charge >= 0.3 is 16.4 Å². The summed E-state index contributed by atoms with van der Waals surface area (Å²) in [5.41, 5.74) is 0. The topological polar surface area (TPSA) is 71.1 Å². The molecule has 0 spiro atoms. The molecule has 1 aromatic rings. The summed E-state index contributed by atoms with van der Waals surface area (Å²) in [6.07, 6.45) is -4.68. The standard InChI is InChI=1S/C7H7F4N3O2S/c8-5-2-1-3-6(13-5)14-17(15,16)12-4-7(9,10)11/h1-3,12H,4H2,(H,13,14). The lowest BCUT2D eigenvalue weighted by atomic mass is 10.5. The summed E-state index contributed by atoms with van der Waals surface area (Å²) in [7, 11) is -4.43. The van der Waals surface area contributed by atoms with Crippen molar-refractivity contribution in [1.82, 2.24) is 9.71 Å². The number of alkyl halides is 3. The fraction of sp³-hybridized carbons (Fsp3) is 0.286. The van der Waals surface area contributed by atoms with Crippen LogP contribution in [0, 0.1) is 5.95 Å². The highest BCUT2D eigenvalue weighted by molar-refractivity contribution is 7.90. The van der Waals surface area contributed by atoms with Gasteiger partial charge in [0.2, 0.25) is 5.95 Å². The van der Waals surface area contributed by atoms with Crippen LogP contribution in [0.4, 0.5) is 23.4 Å². The Kier molecular flexibility index (Phi) is 3.88. The van der Waals surface area contributed by atoms with Crippen molar-refractivity contribution in [3.05, 3.63) is 24.1 Å². The summed E-state index contributed by atoms with van der Waals surface area (Å²) >= 11 is 0.